The highest BCUT2D eigenvalue weighted by Crippen LogP contribution is 2.33. The van der Waals surface area contributed by atoms with Crippen LogP contribution in [-0.2, 0) is 33.2 Å². The average molecular weight is 1170 g/mol. The molecule has 3 fully saturated rings. The van der Waals surface area contributed by atoms with Gasteiger partial charge in [0.15, 0.2) is 18.9 Å². The van der Waals surface area contributed by atoms with Gasteiger partial charge in [-0.15, -0.1) is 0 Å². The second-order valence-electron chi connectivity index (χ2n) is 22.8. The normalized spacial score (nSPS) is 29.9. The third-order valence-corrected chi connectivity index (χ3v) is 15.9. The van der Waals surface area contributed by atoms with Gasteiger partial charge < -0.3 is 89.9 Å². The van der Waals surface area contributed by atoms with Gasteiger partial charge in [-0.3, -0.25) is 4.79 Å². The van der Waals surface area contributed by atoms with Crippen LogP contribution in [0.25, 0.3) is 0 Å². The number of aliphatic hydroxyl groups is 11. The summed E-state index contributed by atoms with van der Waals surface area (Å²) in [5.74, 6) is -0.247. The van der Waals surface area contributed by atoms with E-state index in [0.717, 1.165) is 70.6 Å². The van der Waals surface area contributed by atoms with E-state index in [0.29, 0.717) is 12.8 Å². The summed E-state index contributed by atoms with van der Waals surface area (Å²) in [6, 6.07) is -0.886. The van der Waals surface area contributed by atoms with Gasteiger partial charge in [0.2, 0.25) is 5.91 Å². The summed E-state index contributed by atoms with van der Waals surface area (Å²) in [5.41, 5.74) is 0. The van der Waals surface area contributed by atoms with E-state index < -0.39 is 124 Å². The van der Waals surface area contributed by atoms with Gasteiger partial charge in [0.1, 0.15) is 73.2 Å². The van der Waals surface area contributed by atoms with E-state index in [2.05, 4.69) is 67.8 Å². The summed E-state index contributed by atoms with van der Waals surface area (Å²) >= 11 is 0. The number of rotatable bonds is 47. The second-order valence-corrected chi connectivity index (χ2v) is 22.8. The van der Waals surface area contributed by atoms with Crippen molar-refractivity contribution in [1.82, 2.24) is 5.32 Å². The molecule has 17 unspecified atom stereocenters. The predicted octanol–water partition coefficient (Wildman–Crippen LogP) is 6.65. The van der Waals surface area contributed by atoms with E-state index in [1.165, 1.54) is 109 Å². The first-order chi connectivity index (χ1) is 39.8. The van der Waals surface area contributed by atoms with Crippen molar-refractivity contribution in [2.24, 2.45) is 0 Å². The van der Waals surface area contributed by atoms with Gasteiger partial charge in [-0.05, 0) is 51.4 Å². The number of ether oxygens (including phenoxy) is 6. The molecule has 0 aliphatic carbocycles. The van der Waals surface area contributed by atoms with Crippen LogP contribution < -0.4 is 5.32 Å². The Bertz CT molecular complexity index is 1680. The van der Waals surface area contributed by atoms with Gasteiger partial charge in [0.25, 0.3) is 0 Å². The number of carbonyl (C=O) groups excluding carboxylic acids is 1. The summed E-state index contributed by atoms with van der Waals surface area (Å²) in [7, 11) is 0. The number of carbonyl (C=O) groups is 1. The molecule has 0 aromatic rings. The molecule has 478 valence electrons. The Kier molecular flexibility index (Phi) is 41.5. The number of nitrogens with one attached hydrogen (secondary N) is 1. The molecule has 1 amide bonds. The van der Waals surface area contributed by atoms with Crippen molar-refractivity contribution in [3.05, 3.63) is 48.6 Å². The zero-order chi connectivity index (χ0) is 59.7. The Morgan fingerprint density at radius 3 is 1.32 bits per heavy atom. The van der Waals surface area contributed by atoms with Gasteiger partial charge in [-0.2, -0.15) is 0 Å². The molecule has 0 bridgehead atoms. The zero-order valence-corrected chi connectivity index (χ0v) is 50.0. The molecule has 3 aliphatic heterocycles. The van der Waals surface area contributed by atoms with E-state index in [-0.39, 0.29) is 18.9 Å². The van der Waals surface area contributed by atoms with E-state index in [1.54, 1.807) is 0 Å². The lowest BCUT2D eigenvalue weighted by Crippen LogP contribution is -2.66. The minimum Gasteiger partial charge on any atom is -0.394 e. The van der Waals surface area contributed by atoms with Crippen LogP contribution in [0.5, 0.6) is 0 Å². The van der Waals surface area contributed by atoms with Crippen LogP contribution in [0.1, 0.15) is 213 Å². The van der Waals surface area contributed by atoms with E-state index >= 15 is 0 Å². The summed E-state index contributed by atoms with van der Waals surface area (Å²) in [6.07, 6.45) is 25.0. The van der Waals surface area contributed by atoms with E-state index in [4.69, 9.17) is 28.4 Å². The quantitative estimate of drug-likeness (QED) is 0.0224. The van der Waals surface area contributed by atoms with Crippen LogP contribution in [0.2, 0.25) is 0 Å². The number of hydrogen-bond acceptors (Lipinski definition) is 18. The topological polar surface area (TPSA) is 307 Å². The van der Waals surface area contributed by atoms with E-state index in [1.807, 2.05) is 0 Å². The molecule has 19 nitrogen and oxygen atoms in total. The van der Waals surface area contributed by atoms with Gasteiger partial charge >= 0.3 is 0 Å². The summed E-state index contributed by atoms with van der Waals surface area (Å²) < 4.78 is 34.3. The van der Waals surface area contributed by atoms with Crippen molar-refractivity contribution in [2.75, 3.05) is 26.4 Å². The first kappa shape index (κ1) is 74.0. The fraction of sp³-hybridized carbons (Fsp3) is 0.857. The maximum Gasteiger partial charge on any atom is 0.220 e. The molecule has 3 rings (SSSR count). The van der Waals surface area contributed by atoms with Crippen LogP contribution in [0, 0.1) is 0 Å². The lowest BCUT2D eigenvalue weighted by molar-refractivity contribution is -0.379. The second kappa shape index (κ2) is 46.0. The van der Waals surface area contributed by atoms with Crippen LogP contribution in [0.4, 0.5) is 0 Å². The van der Waals surface area contributed by atoms with Crippen molar-refractivity contribution in [1.29, 1.82) is 0 Å². The van der Waals surface area contributed by atoms with Crippen molar-refractivity contribution < 1.29 is 89.4 Å². The Hall–Kier alpha value is -2.25. The Balaban J connectivity index is 1.39. The average Bonchev–Trinajstić information content (AvgIpc) is 3.64. The lowest BCUT2D eigenvalue weighted by atomic mass is 9.96. The summed E-state index contributed by atoms with van der Waals surface area (Å²) in [4.78, 5) is 13.3. The first-order valence-corrected chi connectivity index (χ1v) is 31.9. The van der Waals surface area contributed by atoms with Crippen LogP contribution in [0.3, 0.4) is 0 Å². The number of unbranched alkanes of at least 4 members (excludes halogenated alkanes) is 23. The van der Waals surface area contributed by atoms with Crippen LogP contribution >= 0.6 is 0 Å². The molecule has 3 aliphatic rings. The SMILES string of the molecule is CC/C=C\C/C=C\C/C=C\C/C=C\CCCCCCCCCCCCCCCCC(=O)NC(COC1OC(CO)C(OC2OC(CO)C(OC3OC(CO)C(O)C(O)C3O)C(O)C2O)C(O)C1O)C(O)CCCCCCCCCCCC. The van der Waals surface area contributed by atoms with E-state index in [9.17, 15) is 61.0 Å². The molecule has 0 spiro atoms. The minimum atomic E-state index is -1.97. The number of hydrogen-bond donors (Lipinski definition) is 12. The molecule has 17 atom stereocenters. The van der Waals surface area contributed by atoms with Gasteiger partial charge in [-0.25, -0.2) is 0 Å². The highest BCUT2D eigenvalue weighted by atomic mass is 16.8. The molecule has 3 saturated heterocycles. The molecular weight excluding hydrogens is 1060 g/mol. The maximum atomic E-state index is 13.3. The first-order valence-electron chi connectivity index (χ1n) is 31.9. The lowest BCUT2D eigenvalue weighted by Gasteiger charge is -2.48. The number of amides is 1. The smallest absolute Gasteiger partial charge is 0.220 e. The zero-order valence-electron chi connectivity index (χ0n) is 50.0. The fourth-order valence-corrected chi connectivity index (χ4v) is 10.7. The molecule has 0 radical (unpaired) electrons. The molecule has 0 aromatic heterocycles. The monoisotopic (exact) mass is 1170 g/mol. The van der Waals surface area contributed by atoms with Crippen molar-refractivity contribution in [2.45, 2.75) is 317 Å². The summed E-state index contributed by atoms with van der Waals surface area (Å²) in [5, 5.41) is 120. The third kappa shape index (κ3) is 29.0. The molecule has 0 saturated carbocycles. The highest BCUT2D eigenvalue weighted by molar-refractivity contribution is 5.76. The van der Waals surface area contributed by atoms with Crippen LogP contribution in [-0.4, -0.2) is 193 Å². The molecule has 82 heavy (non-hydrogen) atoms. The largest absolute Gasteiger partial charge is 0.394 e. The summed E-state index contributed by atoms with van der Waals surface area (Å²) in [6.45, 7) is 1.65. The van der Waals surface area contributed by atoms with Crippen molar-refractivity contribution in [3.63, 3.8) is 0 Å². The number of aliphatic hydroxyl groups excluding tert-OH is 11. The third-order valence-electron chi connectivity index (χ3n) is 15.9. The molecular formula is C63H113NO18. The molecule has 12 N–H and O–H groups in total. The fourth-order valence-electron chi connectivity index (χ4n) is 10.7. The predicted molar refractivity (Wildman–Crippen MR) is 314 cm³/mol. The Morgan fingerprint density at radius 2 is 0.841 bits per heavy atom. The van der Waals surface area contributed by atoms with Crippen molar-refractivity contribution in [3.8, 4) is 0 Å². The maximum absolute atomic E-state index is 13.3. The molecule has 0 aromatic carbocycles. The molecule has 3 heterocycles. The Labute approximate surface area is 491 Å². The van der Waals surface area contributed by atoms with Gasteiger partial charge in [0.05, 0.1) is 38.6 Å². The highest BCUT2D eigenvalue weighted by Gasteiger charge is 2.53. The van der Waals surface area contributed by atoms with Gasteiger partial charge in [0, 0.05) is 6.42 Å². The Morgan fingerprint density at radius 1 is 0.451 bits per heavy atom. The standard InChI is InChI=1S/C63H113NO18/c1-3-5-7-9-11-13-15-16-17-18-19-20-21-22-23-24-25-26-27-28-29-30-31-33-35-37-39-41-51(69)64-46(47(68)40-38-36-34-32-14-12-10-8-6-4-2)45-77-61-57(75)54(72)59(49(43-66)79-61)82-63-58(76)55(73)60(50(44-67)80-63)81-62-56(74)53(71)52(70)48(42-65)78-62/h5,7,11,13,16-17,19-20,46-50,52-63,65-68,70-76H,3-4,6,8-10,12,14-15,18,21-45H2,1-2H3,(H,64,69)/b7-5-,13-11-,17-16-,20-19-. The number of allylic oxidation sites excluding steroid dienone is 8. The van der Waals surface area contributed by atoms with Crippen LogP contribution in [0.15, 0.2) is 48.6 Å². The minimum absolute atomic E-state index is 0.247. The van der Waals surface area contributed by atoms with Crippen molar-refractivity contribution >= 4 is 5.91 Å². The molecule has 19 heteroatoms. The van der Waals surface area contributed by atoms with Gasteiger partial charge in [-0.1, -0.05) is 204 Å².